The van der Waals surface area contributed by atoms with E-state index in [0.717, 1.165) is 43.5 Å². The quantitative estimate of drug-likeness (QED) is 0.771. The largest absolute Gasteiger partial charge is 0.348 e. The maximum atomic E-state index is 12.7. The molecule has 1 unspecified atom stereocenters. The summed E-state index contributed by atoms with van der Waals surface area (Å²) >= 11 is 0. The molecular weight excluding hydrogens is 312 g/mol. The van der Waals surface area contributed by atoms with Crippen LogP contribution >= 0.6 is 0 Å². The third-order valence-electron chi connectivity index (χ3n) is 4.78. The van der Waals surface area contributed by atoms with Crippen LogP contribution in [-0.2, 0) is 6.54 Å². The normalized spacial score (nSPS) is 18.3. The number of amides is 1. The molecule has 25 heavy (non-hydrogen) atoms. The number of H-pyrrole nitrogens is 1. The monoisotopic (exact) mass is 334 g/mol. The average Bonchev–Trinajstić information content (AvgIpc) is 3.11. The summed E-state index contributed by atoms with van der Waals surface area (Å²) in [5.74, 6) is -0.0377. The molecule has 0 saturated carbocycles. The molecule has 1 atom stereocenters. The van der Waals surface area contributed by atoms with Gasteiger partial charge >= 0.3 is 0 Å². The van der Waals surface area contributed by atoms with Crippen molar-refractivity contribution >= 4 is 16.9 Å². The van der Waals surface area contributed by atoms with E-state index in [1.165, 1.54) is 5.56 Å². The van der Waals surface area contributed by atoms with Crippen LogP contribution in [0.3, 0.4) is 0 Å². The zero-order chi connectivity index (χ0) is 17.1. The summed E-state index contributed by atoms with van der Waals surface area (Å²) in [5.41, 5.74) is 3.58. The number of nitrogens with zero attached hydrogens (tertiary/aromatic N) is 2. The molecule has 3 aromatic rings. The van der Waals surface area contributed by atoms with Gasteiger partial charge < -0.3 is 10.3 Å². The molecule has 128 valence electrons. The van der Waals surface area contributed by atoms with Crippen LogP contribution in [-0.4, -0.2) is 39.9 Å². The fourth-order valence-electron chi connectivity index (χ4n) is 3.57. The molecule has 1 amide bonds. The highest BCUT2D eigenvalue weighted by atomic mass is 16.1. The number of piperidine rings is 1. The van der Waals surface area contributed by atoms with E-state index < -0.39 is 0 Å². The number of nitrogens with one attached hydrogen (secondary N) is 2. The van der Waals surface area contributed by atoms with Gasteiger partial charge in [0.2, 0.25) is 0 Å². The van der Waals surface area contributed by atoms with Crippen LogP contribution in [0.1, 0.15) is 28.8 Å². The van der Waals surface area contributed by atoms with Crippen molar-refractivity contribution in [2.45, 2.75) is 25.4 Å². The van der Waals surface area contributed by atoms with E-state index in [2.05, 4.69) is 44.5 Å². The Morgan fingerprint density at radius 1 is 1.20 bits per heavy atom. The number of para-hydroxylation sites is 1. The maximum Gasteiger partial charge on any atom is 0.253 e. The number of benzene rings is 2. The lowest BCUT2D eigenvalue weighted by Crippen LogP contribution is -2.47. The van der Waals surface area contributed by atoms with Crippen molar-refractivity contribution in [3.63, 3.8) is 0 Å². The van der Waals surface area contributed by atoms with Crippen LogP contribution in [0, 0.1) is 0 Å². The van der Waals surface area contributed by atoms with Crippen LogP contribution in [0.2, 0.25) is 0 Å². The average molecular weight is 334 g/mol. The third kappa shape index (κ3) is 3.56. The van der Waals surface area contributed by atoms with Crippen LogP contribution < -0.4 is 5.32 Å². The molecule has 0 aliphatic carbocycles. The lowest BCUT2D eigenvalue weighted by Gasteiger charge is -2.33. The van der Waals surface area contributed by atoms with Gasteiger partial charge in [-0.05, 0) is 37.1 Å². The molecule has 0 radical (unpaired) electrons. The Morgan fingerprint density at radius 3 is 2.96 bits per heavy atom. The number of hydrogen-bond acceptors (Lipinski definition) is 3. The number of rotatable bonds is 4. The number of aromatic amines is 1. The second kappa shape index (κ2) is 7.07. The number of fused-ring (bicyclic) bond motifs is 1. The summed E-state index contributed by atoms with van der Waals surface area (Å²) < 4.78 is 0. The fraction of sp³-hybridized carbons (Fsp3) is 0.300. The molecule has 0 spiro atoms. The Bertz CT molecular complexity index is 858. The third-order valence-corrected chi connectivity index (χ3v) is 4.78. The first kappa shape index (κ1) is 15.8. The Hall–Kier alpha value is -2.66. The van der Waals surface area contributed by atoms with Gasteiger partial charge in [0, 0.05) is 19.1 Å². The van der Waals surface area contributed by atoms with Crippen LogP contribution in [0.25, 0.3) is 11.0 Å². The zero-order valence-electron chi connectivity index (χ0n) is 14.1. The molecular formula is C20H22N4O. The Labute approximate surface area is 147 Å². The van der Waals surface area contributed by atoms with Crippen LogP contribution in [0.15, 0.2) is 54.9 Å². The van der Waals surface area contributed by atoms with Gasteiger partial charge in [-0.25, -0.2) is 4.98 Å². The first-order chi connectivity index (χ1) is 12.3. The molecule has 2 N–H and O–H groups in total. The van der Waals surface area contributed by atoms with Gasteiger partial charge in [-0.2, -0.15) is 0 Å². The van der Waals surface area contributed by atoms with E-state index >= 15 is 0 Å². The molecule has 1 saturated heterocycles. The summed E-state index contributed by atoms with van der Waals surface area (Å²) in [6.07, 6.45) is 3.75. The Morgan fingerprint density at radius 2 is 2.08 bits per heavy atom. The predicted octanol–water partition coefficient (Wildman–Crippen LogP) is 2.96. The second-order valence-electron chi connectivity index (χ2n) is 6.64. The van der Waals surface area contributed by atoms with Crippen molar-refractivity contribution in [2.75, 3.05) is 13.1 Å². The van der Waals surface area contributed by atoms with Crippen molar-refractivity contribution in [3.05, 3.63) is 66.0 Å². The highest BCUT2D eigenvalue weighted by molar-refractivity contribution is 6.04. The summed E-state index contributed by atoms with van der Waals surface area (Å²) in [4.78, 5) is 22.5. The molecule has 4 rings (SSSR count). The van der Waals surface area contributed by atoms with Gasteiger partial charge in [0.25, 0.3) is 5.91 Å². The summed E-state index contributed by atoms with van der Waals surface area (Å²) in [7, 11) is 0. The van der Waals surface area contributed by atoms with Crippen molar-refractivity contribution in [1.82, 2.24) is 20.2 Å². The lowest BCUT2D eigenvalue weighted by molar-refractivity contribution is 0.0902. The second-order valence-corrected chi connectivity index (χ2v) is 6.64. The van der Waals surface area contributed by atoms with Crippen molar-refractivity contribution in [1.29, 1.82) is 0 Å². The van der Waals surface area contributed by atoms with Crippen molar-refractivity contribution < 1.29 is 4.79 Å². The molecule has 5 heteroatoms. The summed E-state index contributed by atoms with van der Waals surface area (Å²) in [6.45, 7) is 2.90. The predicted molar refractivity (Wildman–Crippen MR) is 98.3 cm³/mol. The maximum absolute atomic E-state index is 12.7. The lowest BCUT2D eigenvalue weighted by atomic mass is 10.0. The van der Waals surface area contributed by atoms with Gasteiger partial charge in [-0.3, -0.25) is 9.69 Å². The topological polar surface area (TPSA) is 61.0 Å². The highest BCUT2D eigenvalue weighted by Gasteiger charge is 2.22. The van der Waals surface area contributed by atoms with E-state index in [4.69, 9.17) is 0 Å². The molecule has 1 aliphatic rings. The molecule has 2 heterocycles. The number of aromatic nitrogens is 2. The van der Waals surface area contributed by atoms with Gasteiger partial charge in [-0.1, -0.05) is 36.4 Å². The molecule has 1 aliphatic heterocycles. The van der Waals surface area contributed by atoms with E-state index in [0.29, 0.717) is 5.56 Å². The zero-order valence-corrected chi connectivity index (χ0v) is 14.1. The number of carbonyl (C=O) groups excluding carboxylic acids is 1. The number of imidazole rings is 1. The van der Waals surface area contributed by atoms with E-state index in [1.54, 1.807) is 6.33 Å². The van der Waals surface area contributed by atoms with E-state index in [1.807, 2.05) is 24.3 Å². The number of hydrogen-bond donors (Lipinski definition) is 2. The summed E-state index contributed by atoms with van der Waals surface area (Å²) in [6, 6.07) is 16.3. The molecule has 0 bridgehead atoms. The first-order valence-corrected chi connectivity index (χ1v) is 8.79. The minimum atomic E-state index is -0.0377. The minimum absolute atomic E-state index is 0.0377. The SMILES string of the molecule is O=C(NC1CCCN(Cc2ccccc2)C1)c1cccc2[nH]cnc12. The Balaban J connectivity index is 1.42. The van der Waals surface area contributed by atoms with Crippen molar-refractivity contribution in [3.8, 4) is 0 Å². The number of likely N-dealkylation sites (tertiary alicyclic amines) is 1. The smallest absolute Gasteiger partial charge is 0.253 e. The van der Waals surface area contributed by atoms with Gasteiger partial charge in [0.05, 0.1) is 17.4 Å². The molecule has 1 aromatic heterocycles. The minimum Gasteiger partial charge on any atom is -0.348 e. The van der Waals surface area contributed by atoms with Crippen LogP contribution in [0.5, 0.6) is 0 Å². The Kier molecular flexibility index (Phi) is 4.48. The molecule has 2 aromatic carbocycles. The highest BCUT2D eigenvalue weighted by Crippen LogP contribution is 2.17. The van der Waals surface area contributed by atoms with Crippen molar-refractivity contribution in [2.24, 2.45) is 0 Å². The first-order valence-electron chi connectivity index (χ1n) is 8.79. The molecule has 5 nitrogen and oxygen atoms in total. The van der Waals surface area contributed by atoms with E-state index in [-0.39, 0.29) is 11.9 Å². The van der Waals surface area contributed by atoms with Gasteiger partial charge in [0.1, 0.15) is 5.52 Å². The standard InChI is InChI=1S/C20H22N4O/c25-20(17-9-4-10-18-19(17)22-14-21-18)23-16-8-5-11-24(13-16)12-15-6-2-1-3-7-15/h1-4,6-7,9-10,14,16H,5,8,11-13H2,(H,21,22)(H,23,25). The van der Waals surface area contributed by atoms with Gasteiger partial charge in [0.15, 0.2) is 0 Å². The molecule has 1 fully saturated rings. The van der Waals surface area contributed by atoms with Gasteiger partial charge in [-0.15, -0.1) is 0 Å². The summed E-state index contributed by atoms with van der Waals surface area (Å²) in [5, 5.41) is 3.20. The van der Waals surface area contributed by atoms with E-state index in [9.17, 15) is 4.79 Å². The fourth-order valence-corrected chi connectivity index (χ4v) is 3.57. The van der Waals surface area contributed by atoms with Crippen LogP contribution in [0.4, 0.5) is 0 Å². The number of carbonyl (C=O) groups is 1.